The molecule has 7 heteroatoms. The summed E-state index contributed by atoms with van der Waals surface area (Å²) in [4.78, 5) is 27.9. The molecule has 3 rings (SSSR count). The van der Waals surface area contributed by atoms with Gasteiger partial charge in [-0.05, 0) is 60.7 Å². The summed E-state index contributed by atoms with van der Waals surface area (Å²) >= 11 is 18.0. The van der Waals surface area contributed by atoms with Crippen LogP contribution in [-0.4, -0.2) is 23.7 Å². The molecular formula is C23H25Cl3N2O2. The van der Waals surface area contributed by atoms with Gasteiger partial charge in [-0.25, -0.2) is 0 Å². The van der Waals surface area contributed by atoms with E-state index in [4.69, 9.17) is 34.8 Å². The quantitative estimate of drug-likeness (QED) is 0.530. The lowest BCUT2D eigenvalue weighted by molar-refractivity contribution is -0.126. The Morgan fingerprint density at radius 3 is 2.13 bits per heavy atom. The second kappa shape index (κ2) is 10.5. The molecule has 1 aliphatic rings. The second-order valence-corrected chi connectivity index (χ2v) is 8.84. The third kappa shape index (κ3) is 5.48. The summed E-state index contributed by atoms with van der Waals surface area (Å²) < 4.78 is 0. The molecule has 0 unspecified atom stereocenters. The number of rotatable bonds is 6. The van der Waals surface area contributed by atoms with Gasteiger partial charge in [0.15, 0.2) is 0 Å². The van der Waals surface area contributed by atoms with Crippen LogP contribution in [0.5, 0.6) is 0 Å². The van der Waals surface area contributed by atoms with Gasteiger partial charge in [-0.1, -0.05) is 55.1 Å². The molecule has 2 aromatic carbocycles. The molecule has 0 heterocycles. The van der Waals surface area contributed by atoms with Crippen molar-refractivity contribution >= 4 is 52.3 Å². The molecular weight excluding hydrogens is 443 g/mol. The van der Waals surface area contributed by atoms with E-state index in [-0.39, 0.29) is 23.7 Å². The molecule has 0 radical (unpaired) electrons. The van der Waals surface area contributed by atoms with Crippen LogP contribution in [0.2, 0.25) is 10.0 Å². The van der Waals surface area contributed by atoms with E-state index in [1.807, 2.05) is 0 Å². The maximum absolute atomic E-state index is 13.5. The predicted octanol–water partition coefficient (Wildman–Crippen LogP) is 6.00. The summed E-state index contributed by atoms with van der Waals surface area (Å²) in [6.07, 6.45) is 4.28. The first-order valence-electron chi connectivity index (χ1n) is 10.1. The summed E-state index contributed by atoms with van der Waals surface area (Å²) in [7, 11) is 0. The Balaban J connectivity index is 2.01. The maximum atomic E-state index is 13.5. The first-order valence-corrected chi connectivity index (χ1v) is 11.4. The van der Waals surface area contributed by atoms with Crippen molar-refractivity contribution in [1.82, 2.24) is 5.32 Å². The fourth-order valence-electron chi connectivity index (χ4n) is 3.96. The normalized spacial score (nSPS) is 19.7. The highest BCUT2D eigenvalue weighted by atomic mass is 35.5. The zero-order chi connectivity index (χ0) is 21.7. The van der Waals surface area contributed by atoms with E-state index < -0.39 is 6.04 Å². The van der Waals surface area contributed by atoms with Gasteiger partial charge < -0.3 is 5.32 Å². The van der Waals surface area contributed by atoms with Crippen molar-refractivity contribution in [3.8, 4) is 0 Å². The lowest BCUT2D eigenvalue weighted by atomic mass is 9.85. The summed E-state index contributed by atoms with van der Waals surface area (Å²) in [5.74, 6) is -0.462. The average molecular weight is 468 g/mol. The molecule has 1 saturated carbocycles. The summed E-state index contributed by atoms with van der Waals surface area (Å²) in [6.45, 7) is 2.16. The zero-order valence-electron chi connectivity index (χ0n) is 16.8. The van der Waals surface area contributed by atoms with Crippen molar-refractivity contribution in [1.29, 1.82) is 0 Å². The van der Waals surface area contributed by atoms with Crippen LogP contribution in [0.25, 0.3) is 0 Å². The number of nitrogens with zero attached hydrogens (tertiary/aromatic N) is 1. The molecule has 1 fully saturated rings. The Morgan fingerprint density at radius 1 is 1.00 bits per heavy atom. The molecule has 3 atom stereocenters. The number of nitrogens with one attached hydrogen (secondary N) is 1. The highest BCUT2D eigenvalue weighted by Gasteiger charge is 2.34. The minimum absolute atomic E-state index is 0.0826. The predicted molar refractivity (Wildman–Crippen MR) is 123 cm³/mol. The lowest BCUT2D eigenvalue weighted by Crippen LogP contribution is -2.49. The molecule has 160 valence electrons. The monoisotopic (exact) mass is 466 g/mol. The number of carbonyl (C=O) groups is 2. The number of halogens is 3. The molecule has 0 bridgehead atoms. The Labute approximate surface area is 192 Å². The Morgan fingerprint density at radius 2 is 1.57 bits per heavy atom. The highest BCUT2D eigenvalue weighted by Crippen LogP contribution is 2.31. The van der Waals surface area contributed by atoms with Crippen LogP contribution in [0.4, 0.5) is 5.69 Å². The summed E-state index contributed by atoms with van der Waals surface area (Å²) in [5, 5.41) is 4.29. The number of carbonyl (C=O) groups excluding carboxylic acids is 2. The smallest absolute Gasteiger partial charge is 0.248 e. The minimum Gasteiger partial charge on any atom is -0.351 e. The number of amides is 2. The fourth-order valence-corrected chi connectivity index (χ4v) is 4.34. The second-order valence-electron chi connectivity index (χ2n) is 7.70. The van der Waals surface area contributed by atoms with Gasteiger partial charge in [0.1, 0.15) is 11.9 Å². The van der Waals surface area contributed by atoms with Crippen LogP contribution in [-0.2, 0) is 9.59 Å². The van der Waals surface area contributed by atoms with Gasteiger partial charge in [0.2, 0.25) is 11.8 Å². The maximum Gasteiger partial charge on any atom is 0.248 e. The molecule has 4 nitrogen and oxygen atoms in total. The SMILES string of the molecule is C[C@@H]1CCCC[C@@H]1NC(=O)[C@H](c1ccc(Cl)cc1)N(C(=O)CCl)c1ccc(Cl)cc1. The largest absolute Gasteiger partial charge is 0.351 e. The molecule has 1 aliphatic carbocycles. The summed E-state index contributed by atoms with van der Waals surface area (Å²) in [5.41, 5.74) is 1.21. The van der Waals surface area contributed by atoms with Crippen LogP contribution in [0, 0.1) is 5.92 Å². The Hall–Kier alpha value is -1.75. The van der Waals surface area contributed by atoms with Gasteiger partial charge in [-0.3, -0.25) is 14.5 Å². The average Bonchev–Trinajstić information content (AvgIpc) is 2.75. The zero-order valence-corrected chi connectivity index (χ0v) is 19.1. The molecule has 0 aromatic heterocycles. The van der Waals surface area contributed by atoms with E-state index in [1.165, 1.54) is 11.3 Å². The first kappa shape index (κ1) is 22.9. The van der Waals surface area contributed by atoms with Gasteiger partial charge in [-0.2, -0.15) is 0 Å². The van der Waals surface area contributed by atoms with E-state index in [0.717, 1.165) is 19.3 Å². The van der Waals surface area contributed by atoms with Crippen molar-refractivity contribution in [2.24, 2.45) is 5.92 Å². The molecule has 0 saturated heterocycles. The Bertz CT molecular complexity index is 871. The number of hydrogen-bond acceptors (Lipinski definition) is 2. The molecule has 2 aromatic rings. The topological polar surface area (TPSA) is 49.4 Å². The Kier molecular flexibility index (Phi) is 8.04. The molecule has 2 amide bonds. The van der Waals surface area contributed by atoms with Crippen molar-refractivity contribution in [2.45, 2.75) is 44.7 Å². The molecule has 0 spiro atoms. The van der Waals surface area contributed by atoms with Crippen LogP contribution in [0.15, 0.2) is 48.5 Å². The number of anilines is 1. The van der Waals surface area contributed by atoms with Crippen LogP contribution in [0.1, 0.15) is 44.2 Å². The summed E-state index contributed by atoms with van der Waals surface area (Å²) in [6, 6.07) is 13.0. The molecule has 1 N–H and O–H groups in total. The number of hydrogen-bond donors (Lipinski definition) is 1. The van der Waals surface area contributed by atoms with E-state index in [1.54, 1.807) is 48.5 Å². The van der Waals surface area contributed by atoms with E-state index in [9.17, 15) is 9.59 Å². The van der Waals surface area contributed by atoms with Gasteiger partial charge in [0, 0.05) is 21.8 Å². The van der Waals surface area contributed by atoms with E-state index >= 15 is 0 Å². The van der Waals surface area contributed by atoms with E-state index in [2.05, 4.69) is 12.2 Å². The van der Waals surface area contributed by atoms with Crippen molar-refractivity contribution < 1.29 is 9.59 Å². The van der Waals surface area contributed by atoms with Gasteiger partial charge in [0.25, 0.3) is 0 Å². The van der Waals surface area contributed by atoms with Crippen molar-refractivity contribution in [3.63, 3.8) is 0 Å². The highest BCUT2D eigenvalue weighted by molar-refractivity contribution is 6.31. The van der Waals surface area contributed by atoms with Gasteiger partial charge in [0.05, 0.1) is 0 Å². The van der Waals surface area contributed by atoms with Crippen molar-refractivity contribution in [3.05, 3.63) is 64.1 Å². The standard InChI is InChI=1S/C23H25Cl3N2O2/c1-15-4-2-3-5-20(15)27-23(30)22(16-6-8-17(25)9-7-16)28(21(29)14-24)19-12-10-18(26)11-13-19/h6-13,15,20,22H,2-5,14H2,1H3,(H,27,30)/t15-,20+,22+/m1/s1. The van der Waals surface area contributed by atoms with Crippen LogP contribution < -0.4 is 10.2 Å². The third-order valence-electron chi connectivity index (χ3n) is 5.62. The van der Waals surface area contributed by atoms with Crippen LogP contribution in [0.3, 0.4) is 0 Å². The first-order chi connectivity index (χ1) is 14.4. The lowest BCUT2D eigenvalue weighted by Gasteiger charge is -2.35. The third-order valence-corrected chi connectivity index (χ3v) is 6.35. The van der Waals surface area contributed by atoms with Crippen LogP contribution >= 0.6 is 34.8 Å². The number of benzene rings is 2. The molecule has 30 heavy (non-hydrogen) atoms. The minimum atomic E-state index is -0.871. The van der Waals surface area contributed by atoms with Gasteiger partial charge >= 0.3 is 0 Å². The number of alkyl halides is 1. The van der Waals surface area contributed by atoms with Gasteiger partial charge in [-0.15, -0.1) is 11.6 Å². The fraction of sp³-hybridized carbons (Fsp3) is 0.391. The van der Waals surface area contributed by atoms with Crippen molar-refractivity contribution in [2.75, 3.05) is 10.8 Å². The van der Waals surface area contributed by atoms with E-state index in [0.29, 0.717) is 27.2 Å². The molecule has 0 aliphatic heterocycles.